The molecule has 1 heterocycles. The van der Waals surface area contributed by atoms with Crippen molar-refractivity contribution in [3.63, 3.8) is 0 Å². The molecule has 1 aromatic heterocycles. The van der Waals surface area contributed by atoms with Crippen LogP contribution in [0.2, 0.25) is 5.02 Å². The lowest BCUT2D eigenvalue weighted by atomic mass is 10.1. The van der Waals surface area contributed by atoms with E-state index < -0.39 is 5.91 Å². The molecule has 8 heteroatoms. The van der Waals surface area contributed by atoms with Crippen LogP contribution in [0.4, 0.5) is 0 Å². The fraction of sp³-hybridized carbons (Fsp3) is 0.0870. The molecular weight excluding hydrogens is 418 g/mol. The fourth-order valence-corrected chi connectivity index (χ4v) is 3.01. The number of carbonyl (C=O) groups excluding carboxylic acids is 1. The van der Waals surface area contributed by atoms with Crippen molar-refractivity contribution in [2.24, 2.45) is 5.73 Å². The summed E-state index contributed by atoms with van der Waals surface area (Å²) in [5.41, 5.74) is 7.56. The van der Waals surface area contributed by atoms with Gasteiger partial charge in [0.25, 0.3) is 11.8 Å². The number of rotatable bonds is 8. The Bertz CT molecular complexity index is 1190. The van der Waals surface area contributed by atoms with Crippen LogP contribution in [0, 0.1) is 0 Å². The Morgan fingerprint density at radius 1 is 0.935 bits per heavy atom. The molecule has 0 fully saturated rings. The van der Waals surface area contributed by atoms with Crippen LogP contribution in [0.1, 0.15) is 5.56 Å². The van der Waals surface area contributed by atoms with Gasteiger partial charge in [0.05, 0.1) is 0 Å². The number of carbonyl (C=O) groups is 1. The lowest BCUT2D eigenvalue weighted by Gasteiger charge is -2.07. The molecular formula is C23H18ClN3O4. The van der Waals surface area contributed by atoms with E-state index in [0.717, 1.165) is 16.7 Å². The van der Waals surface area contributed by atoms with Gasteiger partial charge in [0.2, 0.25) is 5.82 Å². The summed E-state index contributed by atoms with van der Waals surface area (Å²) >= 11 is 5.99. The predicted molar refractivity (Wildman–Crippen MR) is 116 cm³/mol. The van der Waals surface area contributed by atoms with Crippen molar-refractivity contribution in [1.82, 2.24) is 10.1 Å². The first-order valence-corrected chi connectivity index (χ1v) is 9.77. The molecule has 0 aliphatic heterocycles. The summed E-state index contributed by atoms with van der Waals surface area (Å²) in [6, 6.07) is 21.9. The molecule has 0 saturated heterocycles. The largest absolute Gasteiger partial charge is 0.489 e. The highest BCUT2D eigenvalue weighted by atomic mass is 35.5. The fourth-order valence-electron chi connectivity index (χ4n) is 2.83. The molecule has 2 N–H and O–H groups in total. The highest BCUT2D eigenvalue weighted by Crippen LogP contribution is 2.25. The molecule has 0 radical (unpaired) electrons. The standard InChI is InChI=1S/C23H18ClN3O4/c24-18-5-2-6-20(12-18)29-13-15-3-1-4-17(11-15)23-26-22(27-31-23)16-7-9-19(10-8-16)30-14-21(25)28/h1-12H,13-14H2,(H2,25,28). The van der Waals surface area contributed by atoms with Crippen LogP contribution in [0.25, 0.3) is 22.8 Å². The highest BCUT2D eigenvalue weighted by Gasteiger charge is 2.12. The van der Waals surface area contributed by atoms with Crippen molar-refractivity contribution >= 4 is 17.5 Å². The maximum absolute atomic E-state index is 10.8. The molecule has 0 atom stereocenters. The van der Waals surface area contributed by atoms with Crippen molar-refractivity contribution in [3.8, 4) is 34.3 Å². The number of hydrogen-bond donors (Lipinski definition) is 1. The first-order chi connectivity index (χ1) is 15.1. The molecule has 0 unspecified atom stereocenters. The van der Waals surface area contributed by atoms with Gasteiger partial charge < -0.3 is 19.7 Å². The predicted octanol–water partition coefficient (Wildman–Crippen LogP) is 4.50. The first-order valence-electron chi connectivity index (χ1n) is 9.40. The van der Waals surface area contributed by atoms with Crippen LogP contribution >= 0.6 is 11.6 Å². The number of halogens is 1. The van der Waals surface area contributed by atoms with Crippen LogP contribution in [-0.2, 0) is 11.4 Å². The monoisotopic (exact) mass is 435 g/mol. The van der Waals surface area contributed by atoms with Gasteiger partial charge in [-0.25, -0.2) is 0 Å². The molecule has 0 aliphatic carbocycles. The maximum atomic E-state index is 10.8. The van der Waals surface area contributed by atoms with E-state index in [-0.39, 0.29) is 6.61 Å². The van der Waals surface area contributed by atoms with Crippen LogP contribution in [0.5, 0.6) is 11.5 Å². The summed E-state index contributed by atoms with van der Waals surface area (Å²) in [5.74, 6) is 1.53. The van der Waals surface area contributed by atoms with Crippen molar-refractivity contribution in [3.05, 3.63) is 83.4 Å². The van der Waals surface area contributed by atoms with E-state index in [1.165, 1.54) is 0 Å². The molecule has 0 spiro atoms. The smallest absolute Gasteiger partial charge is 0.258 e. The van der Waals surface area contributed by atoms with Gasteiger partial charge >= 0.3 is 0 Å². The molecule has 0 saturated carbocycles. The summed E-state index contributed by atoms with van der Waals surface area (Å²) in [7, 11) is 0. The van der Waals surface area contributed by atoms with E-state index in [4.69, 9.17) is 31.3 Å². The molecule has 0 bridgehead atoms. The average Bonchev–Trinajstić information content (AvgIpc) is 3.27. The molecule has 7 nitrogen and oxygen atoms in total. The van der Waals surface area contributed by atoms with E-state index in [2.05, 4.69) is 10.1 Å². The van der Waals surface area contributed by atoms with Crippen molar-refractivity contribution in [2.75, 3.05) is 6.61 Å². The zero-order valence-electron chi connectivity index (χ0n) is 16.3. The van der Waals surface area contributed by atoms with Gasteiger partial charge in [-0.15, -0.1) is 0 Å². The SMILES string of the molecule is NC(=O)COc1ccc(-c2noc(-c3cccc(COc4cccc(Cl)c4)c3)n2)cc1. The van der Waals surface area contributed by atoms with Gasteiger partial charge in [0.15, 0.2) is 6.61 Å². The number of nitrogens with zero attached hydrogens (tertiary/aromatic N) is 2. The number of amides is 1. The van der Waals surface area contributed by atoms with Crippen LogP contribution in [-0.4, -0.2) is 22.7 Å². The number of nitrogens with two attached hydrogens (primary N) is 1. The molecule has 0 aliphatic rings. The minimum atomic E-state index is -0.535. The van der Waals surface area contributed by atoms with Gasteiger partial charge in [-0.3, -0.25) is 4.79 Å². The number of primary amides is 1. The minimum Gasteiger partial charge on any atom is -0.489 e. The molecule has 4 rings (SSSR count). The van der Waals surface area contributed by atoms with Gasteiger partial charge in [0, 0.05) is 16.1 Å². The van der Waals surface area contributed by atoms with Crippen molar-refractivity contribution < 1.29 is 18.8 Å². The molecule has 3 aromatic carbocycles. The van der Waals surface area contributed by atoms with E-state index in [9.17, 15) is 4.79 Å². The Labute approximate surface area is 183 Å². The van der Waals surface area contributed by atoms with Gasteiger partial charge in [-0.05, 0) is 60.2 Å². The first kappa shape index (κ1) is 20.4. The normalized spacial score (nSPS) is 10.6. The summed E-state index contributed by atoms with van der Waals surface area (Å²) in [5, 5.41) is 4.68. The lowest BCUT2D eigenvalue weighted by Crippen LogP contribution is -2.19. The number of benzene rings is 3. The third-order valence-corrected chi connectivity index (χ3v) is 4.53. The summed E-state index contributed by atoms with van der Waals surface area (Å²) < 4.78 is 16.5. The van der Waals surface area contributed by atoms with Gasteiger partial charge in [0.1, 0.15) is 18.1 Å². The zero-order valence-corrected chi connectivity index (χ0v) is 17.1. The lowest BCUT2D eigenvalue weighted by molar-refractivity contribution is -0.119. The van der Waals surface area contributed by atoms with E-state index in [1.54, 1.807) is 36.4 Å². The summed E-state index contributed by atoms with van der Waals surface area (Å²) in [4.78, 5) is 15.3. The number of hydrogen-bond acceptors (Lipinski definition) is 6. The third-order valence-electron chi connectivity index (χ3n) is 4.30. The van der Waals surface area contributed by atoms with Crippen LogP contribution in [0.3, 0.4) is 0 Å². The molecule has 31 heavy (non-hydrogen) atoms. The topological polar surface area (TPSA) is 100 Å². The van der Waals surface area contributed by atoms with Crippen molar-refractivity contribution in [1.29, 1.82) is 0 Å². The van der Waals surface area contributed by atoms with Crippen LogP contribution < -0.4 is 15.2 Å². The quantitative estimate of drug-likeness (QED) is 0.437. The number of aromatic nitrogens is 2. The van der Waals surface area contributed by atoms with Crippen LogP contribution in [0.15, 0.2) is 77.3 Å². The average molecular weight is 436 g/mol. The molecule has 4 aromatic rings. The van der Waals surface area contributed by atoms with E-state index in [0.29, 0.717) is 34.8 Å². The Kier molecular flexibility index (Phi) is 6.14. The van der Waals surface area contributed by atoms with Gasteiger partial charge in [-0.1, -0.05) is 35.0 Å². The second kappa shape index (κ2) is 9.32. The summed E-state index contributed by atoms with van der Waals surface area (Å²) in [6.45, 7) is 0.199. The Morgan fingerprint density at radius 3 is 2.52 bits per heavy atom. The Hall–Kier alpha value is -3.84. The highest BCUT2D eigenvalue weighted by molar-refractivity contribution is 6.30. The van der Waals surface area contributed by atoms with Gasteiger partial charge in [-0.2, -0.15) is 4.98 Å². The summed E-state index contributed by atoms with van der Waals surface area (Å²) in [6.07, 6.45) is 0. The molecule has 156 valence electrons. The Morgan fingerprint density at radius 2 is 1.74 bits per heavy atom. The third kappa shape index (κ3) is 5.40. The zero-order chi connectivity index (χ0) is 21.6. The Balaban J connectivity index is 1.45. The molecule has 1 amide bonds. The van der Waals surface area contributed by atoms with E-state index in [1.807, 2.05) is 36.4 Å². The maximum Gasteiger partial charge on any atom is 0.258 e. The second-order valence-corrected chi connectivity index (χ2v) is 7.09. The van der Waals surface area contributed by atoms with E-state index >= 15 is 0 Å². The second-order valence-electron chi connectivity index (χ2n) is 6.65. The number of ether oxygens (including phenoxy) is 2. The van der Waals surface area contributed by atoms with Crippen molar-refractivity contribution in [2.45, 2.75) is 6.61 Å². The minimum absolute atomic E-state index is 0.178.